The van der Waals surface area contributed by atoms with Crippen molar-refractivity contribution in [3.8, 4) is 0 Å². The molecule has 0 aliphatic heterocycles. The minimum Gasteiger partial charge on any atom is -0.394 e. The number of nitrogens with one attached hydrogen (secondary N) is 1. The maximum absolute atomic E-state index is 9.23. The zero-order chi connectivity index (χ0) is 11.3. The Morgan fingerprint density at radius 2 is 1.93 bits per heavy atom. The van der Waals surface area contributed by atoms with Gasteiger partial charge in [-0.15, -0.1) is 0 Å². The summed E-state index contributed by atoms with van der Waals surface area (Å²) in [5.74, 6) is 0. The summed E-state index contributed by atoms with van der Waals surface area (Å²) in [5.41, 5.74) is 0.259. The van der Waals surface area contributed by atoms with Crippen LogP contribution in [0.1, 0.15) is 25.7 Å². The minimum atomic E-state index is -0.634. The second-order valence-corrected chi connectivity index (χ2v) is 4.79. The van der Waals surface area contributed by atoms with Crippen LogP contribution in [0.2, 0.25) is 0 Å². The molecule has 0 saturated heterocycles. The van der Waals surface area contributed by atoms with Crippen LogP contribution in [-0.2, 0) is 0 Å². The third kappa shape index (κ3) is 3.41. The summed E-state index contributed by atoms with van der Waals surface area (Å²) in [6.07, 6.45) is 4.40. The fraction of sp³-hybridized carbons (Fsp3) is 1.00. The summed E-state index contributed by atoms with van der Waals surface area (Å²) >= 11 is 0. The van der Waals surface area contributed by atoms with E-state index in [0.29, 0.717) is 6.54 Å². The Morgan fingerprint density at radius 3 is 2.40 bits per heavy atom. The second kappa shape index (κ2) is 5.80. The predicted octanol–water partition coefficient (Wildman–Crippen LogP) is -0.196. The molecule has 0 aromatic heterocycles. The van der Waals surface area contributed by atoms with Crippen molar-refractivity contribution in [3.63, 3.8) is 0 Å². The lowest BCUT2D eigenvalue weighted by atomic mass is 9.96. The Balaban J connectivity index is 2.33. The highest BCUT2D eigenvalue weighted by Crippen LogP contribution is 2.32. The number of hydrogen-bond donors (Lipinski definition) is 3. The van der Waals surface area contributed by atoms with E-state index in [1.165, 1.54) is 25.7 Å². The molecule has 0 heterocycles. The SMILES string of the molecule is CN(C)C1(CNC[C@H](O)CO)CCCC1. The van der Waals surface area contributed by atoms with E-state index in [4.69, 9.17) is 5.11 Å². The molecule has 0 unspecified atom stereocenters. The van der Waals surface area contributed by atoms with Gasteiger partial charge < -0.3 is 20.4 Å². The third-order valence-electron chi connectivity index (χ3n) is 3.53. The lowest BCUT2D eigenvalue weighted by Gasteiger charge is -2.36. The van der Waals surface area contributed by atoms with Crippen molar-refractivity contribution in [2.24, 2.45) is 0 Å². The fourth-order valence-corrected chi connectivity index (χ4v) is 2.35. The van der Waals surface area contributed by atoms with Crippen molar-refractivity contribution < 1.29 is 10.2 Å². The van der Waals surface area contributed by atoms with Crippen LogP contribution in [0.3, 0.4) is 0 Å². The molecule has 1 fully saturated rings. The molecule has 1 aliphatic rings. The van der Waals surface area contributed by atoms with Gasteiger partial charge in [0.05, 0.1) is 12.7 Å². The monoisotopic (exact) mass is 216 g/mol. The first kappa shape index (κ1) is 12.9. The van der Waals surface area contributed by atoms with Gasteiger partial charge in [0.2, 0.25) is 0 Å². The van der Waals surface area contributed by atoms with Crippen molar-refractivity contribution in [1.29, 1.82) is 0 Å². The van der Waals surface area contributed by atoms with Gasteiger partial charge in [-0.3, -0.25) is 0 Å². The third-order valence-corrected chi connectivity index (χ3v) is 3.53. The highest BCUT2D eigenvalue weighted by atomic mass is 16.3. The molecule has 4 nitrogen and oxygen atoms in total. The molecule has 0 bridgehead atoms. The minimum absolute atomic E-state index is 0.165. The van der Waals surface area contributed by atoms with Crippen LogP contribution in [0, 0.1) is 0 Å². The normalized spacial score (nSPS) is 22.2. The van der Waals surface area contributed by atoms with E-state index in [0.717, 1.165) is 6.54 Å². The largest absolute Gasteiger partial charge is 0.394 e. The standard InChI is InChI=1S/C11H24N2O2/c1-13(2)11(5-3-4-6-11)9-12-7-10(15)8-14/h10,12,14-15H,3-9H2,1-2H3/t10-/m0/s1. The second-order valence-electron chi connectivity index (χ2n) is 4.79. The molecule has 4 heteroatoms. The molecular weight excluding hydrogens is 192 g/mol. The molecule has 0 spiro atoms. The Bertz CT molecular complexity index is 179. The number of rotatable bonds is 6. The lowest BCUT2D eigenvalue weighted by molar-refractivity contribution is 0.0863. The number of likely N-dealkylation sites (N-methyl/N-ethyl adjacent to an activating group) is 1. The van der Waals surface area contributed by atoms with E-state index < -0.39 is 6.10 Å². The van der Waals surface area contributed by atoms with Gasteiger partial charge in [-0.1, -0.05) is 12.8 Å². The van der Waals surface area contributed by atoms with Gasteiger partial charge in [0, 0.05) is 18.6 Å². The maximum atomic E-state index is 9.23. The molecule has 1 saturated carbocycles. The van der Waals surface area contributed by atoms with Crippen LogP contribution < -0.4 is 5.32 Å². The molecule has 15 heavy (non-hydrogen) atoms. The van der Waals surface area contributed by atoms with Crippen LogP contribution in [0.5, 0.6) is 0 Å². The van der Waals surface area contributed by atoms with Gasteiger partial charge in [-0.05, 0) is 26.9 Å². The Kier molecular flexibility index (Phi) is 4.99. The summed E-state index contributed by atoms with van der Waals surface area (Å²) in [7, 11) is 4.24. The van der Waals surface area contributed by atoms with Gasteiger partial charge in [-0.2, -0.15) is 0 Å². The molecule has 1 rings (SSSR count). The highest BCUT2D eigenvalue weighted by Gasteiger charge is 2.35. The first-order valence-electron chi connectivity index (χ1n) is 5.78. The topological polar surface area (TPSA) is 55.7 Å². The quantitative estimate of drug-likeness (QED) is 0.576. The summed E-state index contributed by atoms with van der Waals surface area (Å²) in [5, 5.41) is 21.2. The van der Waals surface area contributed by atoms with Crippen LogP contribution in [0.4, 0.5) is 0 Å². The molecule has 3 N–H and O–H groups in total. The first-order chi connectivity index (χ1) is 7.10. The van der Waals surface area contributed by atoms with E-state index in [2.05, 4.69) is 24.3 Å². The Morgan fingerprint density at radius 1 is 1.33 bits per heavy atom. The molecule has 0 aromatic carbocycles. The number of nitrogens with zero attached hydrogens (tertiary/aromatic N) is 1. The van der Waals surface area contributed by atoms with Gasteiger partial charge in [0.15, 0.2) is 0 Å². The van der Waals surface area contributed by atoms with Crippen molar-refractivity contribution in [1.82, 2.24) is 10.2 Å². The average Bonchev–Trinajstić information content (AvgIpc) is 2.67. The predicted molar refractivity (Wildman–Crippen MR) is 60.8 cm³/mol. The highest BCUT2D eigenvalue weighted by molar-refractivity contribution is 4.94. The van der Waals surface area contributed by atoms with Crippen molar-refractivity contribution >= 4 is 0 Å². The Labute approximate surface area is 92.3 Å². The lowest BCUT2D eigenvalue weighted by Crippen LogP contribution is -2.50. The van der Waals surface area contributed by atoms with Gasteiger partial charge >= 0.3 is 0 Å². The van der Waals surface area contributed by atoms with E-state index in [-0.39, 0.29) is 12.1 Å². The van der Waals surface area contributed by atoms with Crippen LogP contribution in [-0.4, -0.2) is 60.5 Å². The summed E-state index contributed by atoms with van der Waals surface area (Å²) < 4.78 is 0. The average molecular weight is 216 g/mol. The van der Waals surface area contributed by atoms with Crippen molar-refractivity contribution in [3.05, 3.63) is 0 Å². The van der Waals surface area contributed by atoms with E-state index in [1.54, 1.807) is 0 Å². The van der Waals surface area contributed by atoms with E-state index in [1.807, 2.05) is 0 Å². The summed E-state index contributed by atoms with van der Waals surface area (Å²) in [6.45, 7) is 1.21. The van der Waals surface area contributed by atoms with Crippen LogP contribution in [0.25, 0.3) is 0 Å². The van der Waals surface area contributed by atoms with E-state index >= 15 is 0 Å². The zero-order valence-corrected chi connectivity index (χ0v) is 9.87. The number of aliphatic hydroxyl groups excluding tert-OH is 2. The molecular formula is C11H24N2O2. The van der Waals surface area contributed by atoms with Gasteiger partial charge in [0.25, 0.3) is 0 Å². The smallest absolute Gasteiger partial charge is 0.0894 e. The van der Waals surface area contributed by atoms with Crippen molar-refractivity contribution in [2.45, 2.75) is 37.3 Å². The van der Waals surface area contributed by atoms with Crippen LogP contribution in [0.15, 0.2) is 0 Å². The van der Waals surface area contributed by atoms with Crippen LogP contribution >= 0.6 is 0 Å². The van der Waals surface area contributed by atoms with E-state index in [9.17, 15) is 5.11 Å². The fourth-order valence-electron chi connectivity index (χ4n) is 2.35. The van der Waals surface area contributed by atoms with Gasteiger partial charge in [-0.25, -0.2) is 0 Å². The molecule has 0 aromatic rings. The summed E-state index contributed by atoms with van der Waals surface area (Å²) in [4.78, 5) is 2.29. The van der Waals surface area contributed by atoms with Gasteiger partial charge in [0.1, 0.15) is 0 Å². The maximum Gasteiger partial charge on any atom is 0.0894 e. The number of aliphatic hydroxyl groups is 2. The van der Waals surface area contributed by atoms with Crippen molar-refractivity contribution in [2.75, 3.05) is 33.8 Å². The molecule has 0 amide bonds. The Hall–Kier alpha value is -0.160. The summed E-state index contributed by atoms with van der Waals surface area (Å²) in [6, 6.07) is 0. The molecule has 1 atom stereocenters. The number of hydrogen-bond acceptors (Lipinski definition) is 4. The molecule has 0 radical (unpaired) electrons. The molecule has 1 aliphatic carbocycles. The molecule has 90 valence electrons. The first-order valence-corrected chi connectivity index (χ1v) is 5.78. The zero-order valence-electron chi connectivity index (χ0n) is 9.87.